The highest BCUT2D eigenvalue weighted by Crippen LogP contribution is 2.42. The normalized spacial score (nSPS) is 11.0. The third-order valence-corrected chi connectivity index (χ3v) is 4.57. The molecule has 0 fully saturated rings. The molecule has 0 aliphatic carbocycles. The highest BCUT2D eigenvalue weighted by atomic mass is 35.5. The lowest BCUT2D eigenvalue weighted by molar-refractivity contribution is 0.822. The molecule has 4 N–H and O–H groups in total. The van der Waals surface area contributed by atoms with Gasteiger partial charge >= 0.3 is 0 Å². The average molecular weight is 330 g/mol. The molecule has 102 valence electrons. The summed E-state index contributed by atoms with van der Waals surface area (Å²) in [5, 5.41) is 1.91. The van der Waals surface area contributed by atoms with Crippen LogP contribution >= 0.6 is 46.4 Å². The molecule has 0 atom stereocenters. The molecule has 0 heterocycles. The Morgan fingerprint density at radius 2 is 0.889 bits per heavy atom. The van der Waals surface area contributed by atoms with Gasteiger partial charge in [0, 0.05) is 0 Å². The predicted molar refractivity (Wildman–Crippen MR) is 81.2 cm³/mol. The van der Waals surface area contributed by atoms with Crippen molar-refractivity contribution in [3.05, 3.63) is 31.2 Å². The summed E-state index contributed by atoms with van der Waals surface area (Å²) in [5.41, 5.74) is 12.5. The van der Waals surface area contributed by atoms with Crippen molar-refractivity contribution in [3.63, 3.8) is 0 Å². The molecule has 0 saturated heterocycles. The first kappa shape index (κ1) is 16.4. The third kappa shape index (κ3) is 3.66. The predicted octanol–water partition coefficient (Wildman–Crippen LogP) is 4.08. The van der Waals surface area contributed by atoms with E-state index < -0.39 is 0 Å². The summed E-state index contributed by atoms with van der Waals surface area (Å²) >= 11 is 25.0. The van der Waals surface area contributed by atoms with Crippen LogP contribution in [-0.2, 0) is 12.8 Å². The zero-order valence-corrected chi connectivity index (χ0v) is 12.9. The van der Waals surface area contributed by atoms with Crippen LogP contribution in [-0.4, -0.2) is 13.1 Å². The number of benzene rings is 1. The van der Waals surface area contributed by atoms with Gasteiger partial charge in [-0.1, -0.05) is 46.4 Å². The van der Waals surface area contributed by atoms with E-state index in [9.17, 15) is 0 Å². The van der Waals surface area contributed by atoms with Crippen molar-refractivity contribution in [2.75, 3.05) is 13.1 Å². The van der Waals surface area contributed by atoms with Crippen LogP contribution in [0.15, 0.2) is 0 Å². The smallest absolute Gasteiger partial charge is 0.0643 e. The molecule has 6 heteroatoms. The lowest BCUT2D eigenvalue weighted by atomic mass is 10.0. The van der Waals surface area contributed by atoms with Gasteiger partial charge in [-0.3, -0.25) is 0 Å². The van der Waals surface area contributed by atoms with Crippen molar-refractivity contribution in [3.8, 4) is 0 Å². The zero-order chi connectivity index (χ0) is 13.7. The topological polar surface area (TPSA) is 52.0 Å². The highest BCUT2D eigenvalue weighted by molar-refractivity contribution is 6.48. The Labute approximate surface area is 128 Å². The van der Waals surface area contributed by atoms with Crippen molar-refractivity contribution in [2.24, 2.45) is 11.5 Å². The van der Waals surface area contributed by atoms with E-state index >= 15 is 0 Å². The molecular weight excluding hydrogens is 314 g/mol. The lowest BCUT2D eigenvalue weighted by Gasteiger charge is -2.15. The Morgan fingerprint density at radius 1 is 0.611 bits per heavy atom. The maximum Gasteiger partial charge on any atom is 0.0643 e. The van der Waals surface area contributed by atoms with E-state index in [0.29, 0.717) is 46.0 Å². The number of nitrogens with two attached hydrogens (primary N) is 2. The summed E-state index contributed by atoms with van der Waals surface area (Å²) in [6.07, 6.45) is 2.91. The van der Waals surface area contributed by atoms with Crippen LogP contribution in [0.1, 0.15) is 24.0 Å². The maximum absolute atomic E-state index is 6.24. The van der Waals surface area contributed by atoms with Gasteiger partial charge in [-0.15, -0.1) is 0 Å². The van der Waals surface area contributed by atoms with Crippen molar-refractivity contribution >= 4 is 46.4 Å². The Morgan fingerprint density at radius 3 is 1.11 bits per heavy atom. The maximum atomic E-state index is 6.24. The van der Waals surface area contributed by atoms with Gasteiger partial charge < -0.3 is 11.5 Å². The van der Waals surface area contributed by atoms with Crippen LogP contribution in [0.2, 0.25) is 20.1 Å². The summed E-state index contributed by atoms with van der Waals surface area (Å²) in [7, 11) is 0. The Bertz CT molecular complexity index is 353. The quantitative estimate of drug-likeness (QED) is 0.772. The summed E-state index contributed by atoms with van der Waals surface area (Å²) in [4.78, 5) is 0. The molecule has 0 bridgehead atoms. The number of halogens is 4. The van der Waals surface area contributed by atoms with Gasteiger partial charge in [-0.25, -0.2) is 0 Å². The molecule has 1 aromatic rings. The van der Waals surface area contributed by atoms with E-state index in [-0.39, 0.29) is 0 Å². The van der Waals surface area contributed by atoms with E-state index in [1.807, 2.05) is 0 Å². The van der Waals surface area contributed by atoms with Gasteiger partial charge in [-0.05, 0) is 49.9 Å². The molecule has 0 amide bonds. The summed E-state index contributed by atoms with van der Waals surface area (Å²) in [6.45, 7) is 1.13. The SMILES string of the molecule is NCCCc1c(Cl)c(Cl)c(CCCN)c(Cl)c1Cl. The average Bonchev–Trinajstić information content (AvgIpc) is 2.37. The monoisotopic (exact) mass is 328 g/mol. The third-order valence-electron chi connectivity index (χ3n) is 2.71. The fourth-order valence-corrected chi connectivity index (χ4v) is 3.03. The Kier molecular flexibility index (Phi) is 7.07. The fraction of sp³-hybridized carbons (Fsp3) is 0.500. The molecule has 0 aliphatic heterocycles. The van der Waals surface area contributed by atoms with Crippen LogP contribution in [0.25, 0.3) is 0 Å². The van der Waals surface area contributed by atoms with E-state index in [4.69, 9.17) is 57.9 Å². The minimum absolute atomic E-state index is 0.478. The van der Waals surface area contributed by atoms with Crippen LogP contribution < -0.4 is 11.5 Å². The highest BCUT2D eigenvalue weighted by Gasteiger charge is 2.19. The molecule has 0 unspecified atom stereocenters. The van der Waals surface area contributed by atoms with Gasteiger partial charge in [0.25, 0.3) is 0 Å². The van der Waals surface area contributed by atoms with Gasteiger partial charge in [0.1, 0.15) is 0 Å². The van der Waals surface area contributed by atoms with Crippen LogP contribution in [0, 0.1) is 0 Å². The first-order chi connectivity index (χ1) is 8.54. The molecule has 0 spiro atoms. The Balaban J connectivity index is 3.18. The van der Waals surface area contributed by atoms with Crippen molar-refractivity contribution in [1.29, 1.82) is 0 Å². The van der Waals surface area contributed by atoms with Crippen molar-refractivity contribution in [1.82, 2.24) is 0 Å². The van der Waals surface area contributed by atoms with Crippen molar-refractivity contribution < 1.29 is 0 Å². The molecule has 0 saturated carbocycles. The van der Waals surface area contributed by atoms with E-state index in [2.05, 4.69) is 0 Å². The van der Waals surface area contributed by atoms with Gasteiger partial charge in [0.2, 0.25) is 0 Å². The lowest BCUT2D eigenvalue weighted by Crippen LogP contribution is -2.04. The number of hydrogen-bond donors (Lipinski definition) is 2. The standard InChI is InChI=1S/C12H16Cl4N2/c13-9-7(3-1-5-17)10(14)12(16)8(11(9)15)4-2-6-18/h1-6,17-18H2. The number of rotatable bonds is 6. The minimum atomic E-state index is 0.478. The zero-order valence-electron chi connectivity index (χ0n) is 9.91. The second-order valence-electron chi connectivity index (χ2n) is 4.00. The van der Waals surface area contributed by atoms with E-state index in [1.165, 1.54) is 0 Å². The first-order valence-electron chi connectivity index (χ1n) is 5.78. The molecule has 1 rings (SSSR count). The fourth-order valence-electron chi connectivity index (χ4n) is 1.72. The van der Waals surface area contributed by atoms with Gasteiger partial charge in [0.15, 0.2) is 0 Å². The minimum Gasteiger partial charge on any atom is -0.330 e. The van der Waals surface area contributed by atoms with E-state index in [1.54, 1.807) is 0 Å². The molecule has 0 radical (unpaired) electrons. The van der Waals surface area contributed by atoms with Gasteiger partial charge in [-0.2, -0.15) is 0 Å². The molecule has 1 aromatic carbocycles. The van der Waals surface area contributed by atoms with Crippen LogP contribution in [0.5, 0.6) is 0 Å². The summed E-state index contributed by atoms with van der Waals surface area (Å²) in [6, 6.07) is 0. The molecule has 2 nitrogen and oxygen atoms in total. The summed E-state index contributed by atoms with van der Waals surface area (Å²) in [5.74, 6) is 0. The summed E-state index contributed by atoms with van der Waals surface area (Å²) < 4.78 is 0. The van der Waals surface area contributed by atoms with E-state index in [0.717, 1.165) is 24.0 Å². The Hall–Kier alpha value is 0.300. The second kappa shape index (κ2) is 7.78. The second-order valence-corrected chi connectivity index (χ2v) is 5.51. The molecule has 0 aliphatic rings. The number of hydrogen-bond acceptors (Lipinski definition) is 2. The van der Waals surface area contributed by atoms with Crippen molar-refractivity contribution in [2.45, 2.75) is 25.7 Å². The molecular formula is C12H16Cl4N2. The van der Waals surface area contributed by atoms with Gasteiger partial charge in [0.05, 0.1) is 20.1 Å². The largest absolute Gasteiger partial charge is 0.330 e. The first-order valence-corrected chi connectivity index (χ1v) is 7.29. The molecule has 0 aromatic heterocycles. The van der Waals surface area contributed by atoms with Crippen LogP contribution in [0.4, 0.5) is 0 Å². The molecule has 18 heavy (non-hydrogen) atoms. The van der Waals surface area contributed by atoms with Crippen LogP contribution in [0.3, 0.4) is 0 Å².